The van der Waals surface area contributed by atoms with Gasteiger partial charge in [-0.05, 0) is 62.3 Å². The van der Waals surface area contributed by atoms with Crippen molar-refractivity contribution in [3.8, 4) is 0 Å². The Morgan fingerprint density at radius 3 is 2.32 bits per heavy atom. The standard InChI is InChI=1S/C17H22N2O3/c1-22-15(20)14-13(2-3-18-14)19-16(21)17-7-10-4-11(8-17)6-12(5-10)9-17/h2-3,10-12,18H,4-9H2,1H3,(H,19,21). The van der Waals surface area contributed by atoms with Crippen LogP contribution in [0.25, 0.3) is 0 Å². The summed E-state index contributed by atoms with van der Waals surface area (Å²) < 4.78 is 4.74. The molecule has 0 atom stereocenters. The fourth-order valence-corrected chi connectivity index (χ4v) is 5.39. The lowest BCUT2D eigenvalue weighted by Crippen LogP contribution is -2.51. The molecular formula is C17H22N2O3. The molecule has 4 aliphatic carbocycles. The molecule has 0 aliphatic heterocycles. The van der Waals surface area contributed by atoms with Crippen LogP contribution in [0.4, 0.5) is 5.69 Å². The highest BCUT2D eigenvalue weighted by atomic mass is 16.5. The highest BCUT2D eigenvalue weighted by Crippen LogP contribution is 2.60. The summed E-state index contributed by atoms with van der Waals surface area (Å²) in [6, 6.07) is 1.73. The van der Waals surface area contributed by atoms with Crippen molar-refractivity contribution >= 4 is 17.6 Å². The van der Waals surface area contributed by atoms with Crippen molar-refractivity contribution in [3.63, 3.8) is 0 Å². The van der Waals surface area contributed by atoms with E-state index in [1.165, 1.54) is 26.4 Å². The Balaban J connectivity index is 1.56. The number of esters is 1. The Hall–Kier alpha value is -1.78. The summed E-state index contributed by atoms with van der Waals surface area (Å²) in [7, 11) is 1.34. The van der Waals surface area contributed by atoms with Gasteiger partial charge in [0.25, 0.3) is 0 Å². The third-order valence-electron chi connectivity index (χ3n) is 5.90. The van der Waals surface area contributed by atoms with Crippen molar-refractivity contribution in [2.75, 3.05) is 12.4 Å². The zero-order valence-electron chi connectivity index (χ0n) is 12.9. The second kappa shape index (κ2) is 4.86. The molecule has 4 aliphatic rings. The van der Waals surface area contributed by atoms with Gasteiger partial charge in [-0.3, -0.25) is 4.79 Å². The molecule has 4 saturated carbocycles. The fraction of sp³-hybridized carbons (Fsp3) is 0.647. The van der Waals surface area contributed by atoms with Crippen LogP contribution >= 0.6 is 0 Å². The van der Waals surface area contributed by atoms with E-state index in [2.05, 4.69) is 10.3 Å². The number of nitrogens with one attached hydrogen (secondary N) is 2. The van der Waals surface area contributed by atoms with Crippen LogP contribution in [0, 0.1) is 23.2 Å². The van der Waals surface area contributed by atoms with E-state index in [4.69, 9.17) is 4.74 Å². The lowest BCUT2D eigenvalue weighted by molar-refractivity contribution is -0.140. The van der Waals surface area contributed by atoms with E-state index in [9.17, 15) is 9.59 Å². The first-order chi connectivity index (χ1) is 10.6. The highest BCUT2D eigenvalue weighted by molar-refractivity contribution is 6.02. The van der Waals surface area contributed by atoms with Crippen LogP contribution in [-0.4, -0.2) is 24.0 Å². The maximum Gasteiger partial charge on any atom is 0.356 e. The maximum atomic E-state index is 13.0. The number of hydrogen-bond acceptors (Lipinski definition) is 3. The topological polar surface area (TPSA) is 71.2 Å². The number of aromatic amines is 1. The summed E-state index contributed by atoms with van der Waals surface area (Å²) >= 11 is 0. The average Bonchev–Trinajstić information content (AvgIpc) is 2.93. The predicted octanol–water partition coefficient (Wildman–Crippen LogP) is 2.96. The lowest BCUT2D eigenvalue weighted by atomic mass is 9.49. The molecule has 0 saturated heterocycles. The van der Waals surface area contributed by atoms with Gasteiger partial charge in [0.2, 0.25) is 5.91 Å². The van der Waals surface area contributed by atoms with Crippen molar-refractivity contribution in [2.45, 2.75) is 38.5 Å². The van der Waals surface area contributed by atoms with Gasteiger partial charge in [-0.15, -0.1) is 0 Å². The highest BCUT2D eigenvalue weighted by Gasteiger charge is 2.54. The molecule has 1 heterocycles. The quantitative estimate of drug-likeness (QED) is 0.843. The molecule has 0 unspecified atom stereocenters. The molecule has 2 N–H and O–H groups in total. The number of carbonyl (C=O) groups is 2. The van der Waals surface area contributed by atoms with Crippen LogP contribution in [0.15, 0.2) is 12.3 Å². The van der Waals surface area contributed by atoms with Crippen molar-refractivity contribution in [1.29, 1.82) is 0 Å². The Morgan fingerprint density at radius 1 is 1.18 bits per heavy atom. The van der Waals surface area contributed by atoms with E-state index in [1.54, 1.807) is 12.3 Å². The SMILES string of the molecule is COC(=O)c1[nH]ccc1NC(=O)C12CC3CC(CC(C3)C1)C2. The molecule has 4 fully saturated rings. The van der Waals surface area contributed by atoms with E-state index < -0.39 is 5.97 Å². The zero-order valence-corrected chi connectivity index (χ0v) is 12.9. The number of ether oxygens (including phenoxy) is 1. The van der Waals surface area contributed by atoms with Gasteiger partial charge in [0, 0.05) is 6.20 Å². The van der Waals surface area contributed by atoms with Crippen LogP contribution in [0.3, 0.4) is 0 Å². The van der Waals surface area contributed by atoms with Gasteiger partial charge in [-0.25, -0.2) is 4.79 Å². The van der Waals surface area contributed by atoms with E-state index in [0.717, 1.165) is 37.0 Å². The molecule has 0 spiro atoms. The smallest absolute Gasteiger partial charge is 0.356 e. The Bertz CT molecular complexity index is 584. The minimum absolute atomic E-state index is 0.0938. The molecule has 0 radical (unpaired) electrons. The minimum atomic E-state index is -0.453. The number of rotatable bonds is 3. The predicted molar refractivity (Wildman–Crippen MR) is 81.4 cm³/mol. The van der Waals surface area contributed by atoms with Gasteiger partial charge in [-0.2, -0.15) is 0 Å². The Labute approximate surface area is 129 Å². The number of amides is 1. The average molecular weight is 302 g/mol. The molecular weight excluding hydrogens is 280 g/mol. The van der Waals surface area contributed by atoms with E-state index >= 15 is 0 Å². The van der Waals surface area contributed by atoms with Crippen LogP contribution in [0.5, 0.6) is 0 Å². The Kier molecular flexibility index (Phi) is 3.06. The second-order valence-electron chi connectivity index (χ2n) is 7.41. The molecule has 1 aromatic rings. The largest absolute Gasteiger partial charge is 0.464 e. The van der Waals surface area contributed by atoms with Crippen molar-refractivity contribution in [1.82, 2.24) is 4.98 Å². The molecule has 22 heavy (non-hydrogen) atoms. The van der Waals surface area contributed by atoms with Gasteiger partial charge < -0.3 is 15.0 Å². The van der Waals surface area contributed by atoms with Crippen molar-refractivity contribution < 1.29 is 14.3 Å². The molecule has 5 heteroatoms. The number of hydrogen-bond donors (Lipinski definition) is 2. The van der Waals surface area contributed by atoms with Gasteiger partial charge in [0.15, 0.2) is 0 Å². The van der Waals surface area contributed by atoms with Crippen LogP contribution < -0.4 is 5.32 Å². The van der Waals surface area contributed by atoms with Gasteiger partial charge in [0.05, 0.1) is 18.2 Å². The minimum Gasteiger partial charge on any atom is -0.464 e. The summed E-state index contributed by atoms with van der Waals surface area (Å²) in [6.45, 7) is 0. The lowest BCUT2D eigenvalue weighted by Gasteiger charge is -2.55. The maximum absolute atomic E-state index is 13.0. The molecule has 1 amide bonds. The molecule has 1 aromatic heterocycles. The van der Waals surface area contributed by atoms with Crippen molar-refractivity contribution in [2.24, 2.45) is 23.2 Å². The van der Waals surface area contributed by atoms with Gasteiger partial charge in [-0.1, -0.05) is 0 Å². The summed E-state index contributed by atoms with van der Waals surface area (Å²) in [5.74, 6) is 1.82. The first-order valence-electron chi connectivity index (χ1n) is 8.17. The number of methoxy groups -OCH3 is 1. The first-order valence-corrected chi connectivity index (χ1v) is 8.17. The van der Waals surface area contributed by atoms with Crippen LogP contribution in [0.1, 0.15) is 49.0 Å². The molecule has 5 rings (SSSR count). The first kappa shape index (κ1) is 13.9. The van der Waals surface area contributed by atoms with Crippen LogP contribution in [-0.2, 0) is 9.53 Å². The monoisotopic (exact) mass is 302 g/mol. The van der Waals surface area contributed by atoms with Crippen LogP contribution in [0.2, 0.25) is 0 Å². The Morgan fingerprint density at radius 2 is 1.77 bits per heavy atom. The molecule has 5 nitrogen and oxygen atoms in total. The summed E-state index contributed by atoms with van der Waals surface area (Å²) in [6.07, 6.45) is 8.63. The molecule has 0 aromatic carbocycles. The van der Waals surface area contributed by atoms with E-state index in [-0.39, 0.29) is 11.3 Å². The van der Waals surface area contributed by atoms with E-state index in [1.807, 2.05) is 0 Å². The van der Waals surface area contributed by atoms with Crippen molar-refractivity contribution in [3.05, 3.63) is 18.0 Å². The number of aromatic nitrogens is 1. The molecule has 118 valence electrons. The number of carbonyl (C=O) groups excluding carboxylic acids is 2. The summed E-state index contributed by atoms with van der Waals surface area (Å²) in [4.78, 5) is 27.5. The van der Waals surface area contributed by atoms with E-state index in [0.29, 0.717) is 11.4 Å². The fourth-order valence-electron chi connectivity index (χ4n) is 5.39. The third-order valence-corrected chi connectivity index (χ3v) is 5.90. The third kappa shape index (κ3) is 2.06. The van der Waals surface area contributed by atoms with Gasteiger partial charge in [0.1, 0.15) is 5.69 Å². The van der Waals surface area contributed by atoms with Gasteiger partial charge >= 0.3 is 5.97 Å². The second-order valence-corrected chi connectivity index (χ2v) is 7.41. The normalized spacial score (nSPS) is 35.4. The summed E-state index contributed by atoms with van der Waals surface area (Å²) in [5, 5.41) is 2.99. The molecule has 4 bridgehead atoms. The zero-order chi connectivity index (χ0) is 15.3. The number of anilines is 1. The number of H-pyrrole nitrogens is 1. The summed E-state index contributed by atoms with van der Waals surface area (Å²) in [5.41, 5.74) is 0.646.